The van der Waals surface area contributed by atoms with Crippen LogP contribution in [0.2, 0.25) is 0 Å². The van der Waals surface area contributed by atoms with Crippen LogP contribution >= 0.6 is 0 Å². The molecule has 0 amide bonds. The van der Waals surface area contributed by atoms with Gasteiger partial charge >= 0.3 is 6.36 Å². The normalized spacial score (nSPS) is 13.0. The Morgan fingerprint density at radius 2 is 1.79 bits per heavy atom. The molecule has 29 heavy (non-hydrogen) atoms. The van der Waals surface area contributed by atoms with Gasteiger partial charge in [0.05, 0.1) is 5.36 Å². The Balaban J connectivity index is 1.52. The fourth-order valence-corrected chi connectivity index (χ4v) is 2.92. The standard InChI is InChI=1S/C20H16F3N5O/c21-20(22,23)29-18-4-1-14(2-5-18)15-3-6-19-16(11-15)12-28(27-26-19)10-8-17-7-9-24-13-25-17/h1-7,9,11-13,27H,8,10H2. The topological polar surface area (TPSA) is 62.6 Å². The van der Waals surface area contributed by atoms with Crippen molar-refractivity contribution in [1.82, 2.24) is 20.5 Å². The smallest absolute Gasteiger partial charge is 0.406 e. The molecule has 2 aromatic carbocycles. The van der Waals surface area contributed by atoms with Crippen LogP contribution in [0.25, 0.3) is 17.3 Å². The van der Waals surface area contributed by atoms with Crippen LogP contribution in [0.3, 0.4) is 0 Å². The lowest BCUT2D eigenvalue weighted by Gasteiger charge is -2.21. The number of benzene rings is 2. The predicted molar refractivity (Wildman–Crippen MR) is 99.4 cm³/mol. The summed E-state index contributed by atoms with van der Waals surface area (Å²) in [6, 6.07) is 13.3. The third kappa shape index (κ3) is 4.81. The SMILES string of the molecule is FC(F)(F)Oc1ccc(-c2ccc3c(c2)=CN(CCc2ccncn2)NN=3)cc1. The van der Waals surface area contributed by atoms with Gasteiger partial charge in [-0.3, -0.25) is 5.01 Å². The minimum Gasteiger partial charge on any atom is -0.406 e. The molecule has 148 valence electrons. The molecule has 0 radical (unpaired) electrons. The maximum absolute atomic E-state index is 12.3. The molecule has 0 saturated heterocycles. The summed E-state index contributed by atoms with van der Waals surface area (Å²) in [5.74, 6) is -0.249. The Labute approximate surface area is 164 Å². The first-order valence-corrected chi connectivity index (χ1v) is 8.79. The van der Waals surface area contributed by atoms with Crippen molar-refractivity contribution in [2.24, 2.45) is 5.10 Å². The van der Waals surface area contributed by atoms with Crippen molar-refractivity contribution in [2.75, 3.05) is 6.54 Å². The minimum absolute atomic E-state index is 0.249. The van der Waals surface area contributed by atoms with Crippen molar-refractivity contribution < 1.29 is 17.9 Å². The Kier molecular flexibility index (Phi) is 5.03. The molecule has 1 aromatic heterocycles. The van der Waals surface area contributed by atoms with E-state index in [9.17, 15) is 13.2 Å². The maximum atomic E-state index is 12.3. The lowest BCUT2D eigenvalue weighted by Crippen LogP contribution is -2.43. The third-order valence-corrected chi connectivity index (χ3v) is 4.29. The zero-order valence-corrected chi connectivity index (χ0v) is 15.1. The maximum Gasteiger partial charge on any atom is 0.573 e. The van der Waals surface area contributed by atoms with Gasteiger partial charge in [0.15, 0.2) is 0 Å². The minimum atomic E-state index is -4.70. The molecule has 3 aromatic rings. The second kappa shape index (κ2) is 7.78. The summed E-state index contributed by atoms with van der Waals surface area (Å²) in [5, 5.41) is 7.88. The van der Waals surface area contributed by atoms with Gasteiger partial charge in [-0.15, -0.1) is 13.2 Å². The van der Waals surface area contributed by atoms with E-state index in [4.69, 9.17) is 0 Å². The van der Waals surface area contributed by atoms with Crippen molar-refractivity contribution >= 4 is 6.20 Å². The summed E-state index contributed by atoms with van der Waals surface area (Å²) in [6.07, 6.45) is 1.17. The average molecular weight is 399 g/mol. The van der Waals surface area contributed by atoms with Crippen LogP contribution in [-0.4, -0.2) is 27.9 Å². The van der Waals surface area contributed by atoms with E-state index in [-0.39, 0.29) is 5.75 Å². The van der Waals surface area contributed by atoms with Crippen molar-refractivity contribution in [3.8, 4) is 16.9 Å². The molecule has 1 aliphatic heterocycles. The van der Waals surface area contributed by atoms with Crippen LogP contribution in [0.15, 0.2) is 66.2 Å². The fourth-order valence-electron chi connectivity index (χ4n) is 2.92. The Morgan fingerprint density at radius 1 is 1.00 bits per heavy atom. The van der Waals surface area contributed by atoms with E-state index in [1.165, 1.54) is 18.5 Å². The van der Waals surface area contributed by atoms with Gasteiger partial charge in [-0.2, -0.15) is 5.10 Å². The molecule has 0 atom stereocenters. The van der Waals surface area contributed by atoms with E-state index < -0.39 is 6.36 Å². The summed E-state index contributed by atoms with van der Waals surface area (Å²) >= 11 is 0. The highest BCUT2D eigenvalue weighted by atomic mass is 19.4. The number of rotatable bonds is 5. The molecule has 1 aliphatic rings. The van der Waals surface area contributed by atoms with Gasteiger partial charge in [-0.05, 0) is 41.5 Å². The van der Waals surface area contributed by atoms with Gasteiger partial charge in [0.2, 0.25) is 0 Å². The Hall–Kier alpha value is -3.62. The molecule has 4 rings (SSSR count). The summed E-state index contributed by atoms with van der Waals surface area (Å²) in [6.45, 7) is 0.660. The second-order valence-corrected chi connectivity index (χ2v) is 6.33. The van der Waals surface area contributed by atoms with E-state index in [0.29, 0.717) is 6.54 Å². The molecular formula is C20H16F3N5O. The van der Waals surface area contributed by atoms with Crippen LogP contribution in [0.5, 0.6) is 5.75 Å². The molecule has 0 aliphatic carbocycles. The quantitative estimate of drug-likeness (QED) is 0.714. The van der Waals surface area contributed by atoms with Crippen LogP contribution < -0.4 is 20.8 Å². The van der Waals surface area contributed by atoms with Crippen molar-refractivity contribution in [2.45, 2.75) is 12.8 Å². The first-order valence-electron chi connectivity index (χ1n) is 8.79. The van der Waals surface area contributed by atoms with E-state index in [0.717, 1.165) is 33.8 Å². The molecule has 1 N–H and O–H groups in total. The van der Waals surface area contributed by atoms with Crippen molar-refractivity contribution in [3.05, 3.63) is 77.3 Å². The summed E-state index contributed by atoms with van der Waals surface area (Å²) < 4.78 is 40.8. The Morgan fingerprint density at radius 3 is 2.52 bits per heavy atom. The van der Waals surface area contributed by atoms with Gasteiger partial charge in [0.1, 0.15) is 12.1 Å². The highest BCUT2D eigenvalue weighted by Crippen LogP contribution is 2.25. The summed E-state index contributed by atoms with van der Waals surface area (Å²) in [7, 11) is 0. The van der Waals surface area contributed by atoms with Crippen molar-refractivity contribution in [3.63, 3.8) is 0 Å². The third-order valence-electron chi connectivity index (χ3n) is 4.29. The first-order chi connectivity index (χ1) is 14.0. The van der Waals surface area contributed by atoms with E-state index in [2.05, 4.69) is 25.3 Å². The lowest BCUT2D eigenvalue weighted by atomic mass is 10.0. The number of hydrogen-bond donors (Lipinski definition) is 1. The number of aromatic nitrogens is 2. The number of halogens is 3. The second-order valence-electron chi connectivity index (χ2n) is 6.33. The molecular weight excluding hydrogens is 383 g/mol. The van der Waals surface area contributed by atoms with Gasteiger partial charge in [0.25, 0.3) is 0 Å². The van der Waals surface area contributed by atoms with Gasteiger partial charge in [0, 0.05) is 36.3 Å². The molecule has 0 spiro atoms. The number of alkyl halides is 3. The summed E-state index contributed by atoms with van der Waals surface area (Å²) in [5.41, 5.74) is 5.54. The zero-order valence-electron chi connectivity index (χ0n) is 15.1. The molecule has 2 heterocycles. The number of ether oxygens (including phenoxy) is 1. The van der Waals surface area contributed by atoms with Crippen LogP contribution in [0.4, 0.5) is 13.2 Å². The number of nitrogens with one attached hydrogen (secondary N) is 1. The van der Waals surface area contributed by atoms with E-state index in [1.807, 2.05) is 35.5 Å². The molecule has 0 bridgehead atoms. The molecule has 9 heteroatoms. The number of hydrogen-bond acceptors (Lipinski definition) is 6. The van der Waals surface area contributed by atoms with Crippen LogP contribution in [0.1, 0.15) is 5.69 Å². The van der Waals surface area contributed by atoms with Crippen LogP contribution in [0, 0.1) is 0 Å². The van der Waals surface area contributed by atoms with Gasteiger partial charge < -0.3 is 4.74 Å². The molecule has 0 unspecified atom stereocenters. The van der Waals surface area contributed by atoms with Crippen LogP contribution in [-0.2, 0) is 6.42 Å². The highest BCUT2D eigenvalue weighted by Gasteiger charge is 2.30. The monoisotopic (exact) mass is 399 g/mol. The zero-order chi connectivity index (χ0) is 20.3. The fraction of sp³-hybridized carbons (Fsp3) is 0.150. The largest absolute Gasteiger partial charge is 0.573 e. The van der Waals surface area contributed by atoms with E-state index in [1.54, 1.807) is 18.3 Å². The predicted octanol–water partition coefficient (Wildman–Crippen LogP) is 2.38. The lowest BCUT2D eigenvalue weighted by molar-refractivity contribution is -0.274. The Bertz CT molecular complexity index is 1100. The molecule has 0 saturated carbocycles. The number of hydrazine groups is 1. The van der Waals surface area contributed by atoms with Gasteiger partial charge in [-0.1, -0.05) is 18.2 Å². The number of fused-ring (bicyclic) bond motifs is 1. The summed E-state index contributed by atoms with van der Waals surface area (Å²) in [4.78, 5) is 8.10. The average Bonchev–Trinajstić information content (AvgIpc) is 2.72. The first kappa shape index (κ1) is 18.7. The molecule has 0 fully saturated rings. The number of nitrogens with zero attached hydrogens (tertiary/aromatic N) is 4. The molecule has 6 nitrogen and oxygen atoms in total. The van der Waals surface area contributed by atoms with E-state index >= 15 is 0 Å². The van der Waals surface area contributed by atoms with Gasteiger partial charge in [-0.25, -0.2) is 15.5 Å². The van der Waals surface area contributed by atoms with Crippen molar-refractivity contribution in [1.29, 1.82) is 0 Å². The highest BCUT2D eigenvalue weighted by molar-refractivity contribution is 5.64.